The third kappa shape index (κ3) is 4.77. The van der Waals surface area contributed by atoms with Crippen LogP contribution in [0.4, 0.5) is 0 Å². The van der Waals surface area contributed by atoms with Crippen LogP contribution < -0.4 is 5.32 Å². The number of likely N-dealkylation sites (N-methyl/N-ethyl adjacent to an activating group) is 1. The van der Waals surface area contributed by atoms with E-state index >= 15 is 0 Å². The minimum atomic E-state index is -3.68. The fourth-order valence-electron chi connectivity index (χ4n) is 1.45. The van der Waals surface area contributed by atoms with Crippen LogP contribution in [-0.2, 0) is 14.8 Å². The quantitative estimate of drug-likeness (QED) is 0.868. The van der Waals surface area contributed by atoms with E-state index in [2.05, 4.69) is 5.32 Å². The van der Waals surface area contributed by atoms with Crippen LogP contribution in [0.3, 0.4) is 0 Å². The molecule has 0 atom stereocenters. The van der Waals surface area contributed by atoms with E-state index in [1.165, 1.54) is 31.3 Å². The second-order valence-electron chi connectivity index (χ2n) is 4.91. The molecule has 0 saturated heterocycles. The molecule has 0 bridgehead atoms. The van der Waals surface area contributed by atoms with Crippen molar-refractivity contribution in [2.45, 2.75) is 18.7 Å². The number of carbonyl (C=O) groups is 1. The van der Waals surface area contributed by atoms with Crippen molar-refractivity contribution in [3.05, 3.63) is 29.3 Å². The average molecular weight is 319 g/mol. The van der Waals surface area contributed by atoms with Gasteiger partial charge in [-0.15, -0.1) is 0 Å². The summed E-state index contributed by atoms with van der Waals surface area (Å²) in [6, 6.07) is 5.84. The molecule has 5 nitrogen and oxygen atoms in total. The van der Waals surface area contributed by atoms with E-state index in [-0.39, 0.29) is 17.3 Å². The Hall–Kier alpha value is -1.11. The van der Waals surface area contributed by atoms with Gasteiger partial charge in [0.15, 0.2) is 0 Å². The number of nitrogens with one attached hydrogen (secondary N) is 1. The number of nitrogens with zero attached hydrogens (tertiary/aromatic N) is 1. The Balaban J connectivity index is 2.72. The summed E-state index contributed by atoms with van der Waals surface area (Å²) in [4.78, 5) is 11.8. The van der Waals surface area contributed by atoms with Gasteiger partial charge in [0.1, 0.15) is 0 Å². The highest BCUT2D eigenvalue weighted by Crippen LogP contribution is 2.17. The van der Waals surface area contributed by atoms with E-state index in [0.717, 1.165) is 4.31 Å². The summed E-state index contributed by atoms with van der Waals surface area (Å²) in [5, 5.41) is 3.14. The van der Waals surface area contributed by atoms with E-state index in [1.54, 1.807) is 0 Å². The van der Waals surface area contributed by atoms with Gasteiger partial charge in [0.2, 0.25) is 15.9 Å². The Bertz CT molecular complexity index is 555. The monoisotopic (exact) mass is 318 g/mol. The number of benzene rings is 1. The molecule has 1 aromatic carbocycles. The van der Waals surface area contributed by atoms with E-state index in [9.17, 15) is 13.2 Å². The van der Waals surface area contributed by atoms with Gasteiger partial charge in [-0.1, -0.05) is 25.4 Å². The lowest BCUT2D eigenvalue weighted by molar-refractivity contribution is -0.121. The van der Waals surface area contributed by atoms with Gasteiger partial charge in [-0.05, 0) is 30.2 Å². The Kier molecular flexibility index (Phi) is 5.98. The van der Waals surface area contributed by atoms with Crippen molar-refractivity contribution in [1.82, 2.24) is 9.62 Å². The number of hydrogen-bond acceptors (Lipinski definition) is 3. The molecule has 112 valence electrons. The molecule has 0 aliphatic carbocycles. The van der Waals surface area contributed by atoms with Crippen LogP contribution in [0.1, 0.15) is 13.8 Å². The van der Waals surface area contributed by atoms with Crippen molar-refractivity contribution in [2.24, 2.45) is 5.92 Å². The van der Waals surface area contributed by atoms with Gasteiger partial charge < -0.3 is 5.32 Å². The highest BCUT2D eigenvalue weighted by Gasteiger charge is 2.22. The topological polar surface area (TPSA) is 66.5 Å². The molecule has 0 aromatic heterocycles. The summed E-state index contributed by atoms with van der Waals surface area (Å²) >= 11 is 5.72. The molecule has 0 fully saturated rings. The minimum absolute atomic E-state index is 0.112. The van der Waals surface area contributed by atoms with Crippen molar-refractivity contribution in [1.29, 1.82) is 0 Å². The van der Waals surface area contributed by atoms with Crippen LogP contribution in [0.2, 0.25) is 5.02 Å². The first-order valence-electron chi connectivity index (χ1n) is 6.22. The molecule has 0 aliphatic rings. The smallest absolute Gasteiger partial charge is 0.243 e. The fourth-order valence-corrected chi connectivity index (χ4v) is 2.70. The van der Waals surface area contributed by atoms with Crippen LogP contribution in [0, 0.1) is 5.92 Å². The first-order valence-corrected chi connectivity index (χ1v) is 8.04. The predicted octanol–water partition coefficient (Wildman–Crippen LogP) is 1.73. The number of carbonyl (C=O) groups excluding carboxylic acids is 1. The molecule has 1 rings (SSSR count). The zero-order valence-corrected chi connectivity index (χ0v) is 13.3. The lowest BCUT2D eigenvalue weighted by Gasteiger charge is -2.17. The maximum Gasteiger partial charge on any atom is 0.243 e. The maximum atomic E-state index is 12.2. The van der Waals surface area contributed by atoms with Crippen molar-refractivity contribution in [2.75, 3.05) is 20.1 Å². The van der Waals surface area contributed by atoms with E-state index in [1.807, 2.05) is 13.8 Å². The van der Waals surface area contributed by atoms with E-state index in [0.29, 0.717) is 17.5 Å². The molecule has 1 amide bonds. The summed E-state index contributed by atoms with van der Waals surface area (Å²) in [7, 11) is -2.30. The molecule has 0 aliphatic heterocycles. The molecule has 20 heavy (non-hydrogen) atoms. The Labute approximate surface area is 125 Å². The van der Waals surface area contributed by atoms with Gasteiger partial charge in [-0.3, -0.25) is 4.79 Å². The highest BCUT2D eigenvalue weighted by atomic mass is 35.5. The zero-order chi connectivity index (χ0) is 15.3. The molecule has 0 radical (unpaired) electrons. The lowest BCUT2D eigenvalue weighted by atomic mass is 10.2. The minimum Gasteiger partial charge on any atom is -0.355 e. The van der Waals surface area contributed by atoms with Gasteiger partial charge in [0, 0.05) is 18.6 Å². The fraction of sp³-hybridized carbons (Fsp3) is 0.462. The first-order chi connectivity index (χ1) is 9.23. The van der Waals surface area contributed by atoms with Gasteiger partial charge in [-0.25, -0.2) is 8.42 Å². The summed E-state index contributed by atoms with van der Waals surface area (Å²) < 4.78 is 25.5. The predicted molar refractivity (Wildman–Crippen MR) is 79.1 cm³/mol. The van der Waals surface area contributed by atoms with Crippen molar-refractivity contribution in [3.63, 3.8) is 0 Å². The lowest BCUT2D eigenvalue weighted by Crippen LogP contribution is -2.39. The molecule has 0 heterocycles. The number of sulfonamides is 1. The number of rotatable bonds is 6. The van der Waals surface area contributed by atoms with Gasteiger partial charge >= 0.3 is 0 Å². The van der Waals surface area contributed by atoms with Crippen molar-refractivity contribution < 1.29 is 13.2 Å². The van der Waals surface area contributed by atoms with Gasteiger partial charge in [-0.2, -0.15) is 4.31 Å². The number of amides is 1. The van der Waals surface area contributed by atoms with Gasteiger partial charge in [0.05, 0.1) is 11.4 Å². The summed E-state index contributed by atoms with van der Waals surface area (Å²) in [5.74, 6) is -0.00383. The SMILES string of the molecule is CC(C)CNC(=O)CN(C)S(=O)(=O)c1ccc(Cl)cc1. The summed E-state index contributed by atoms with van der Waals surface area (Å²) in [5.41, 5.74) is 0. The largest absolute Gasteiger partial charge is 0.355 e. The van der Waals surface area contributed by atoms with Crippen LogP contribution in [-0.4, -0.2) is 38.8 Å². The number of hydrogen-bond donors (Lipinski definition) is 1. The molecular weight excluding hydrogens is 300 g/mol. The third-order valence-electron chi connectivity index (χ3n) is 2.60. The second kappa shape index (κ2) is 7.06. The standard InChI is InChI=1S/C13H19ClN2O3S/c1-10(2)8-15-13(17)9-16(3)20(18,19)12-6-4-11(14)5-7-12/h4-7,10H,8-9H2,1-3H3,(H,15,17). The Morgan fingerprint density at radius 1 is 1.30 bits per heavy atom. The van der Waals surface area contributed by atoms with Crippen molar-refractivity contribution in [3.8, 4) is 0 Å². The summed E-state index contributed by atoms with van der Waals surface area (Å²) in [6.45, 7) is 4.24. The molecule has 1 aromatic rings. The molecule has 7 heteroatoms. The van der Waals surface area contributed by atoms with E-state index < -0.39 is 10.0 Å². The normalized spacial score (nSPS) is 11.9. The van der Waals surface area contributed by atoms with Crippen LogP contribution >= 0.6 is 11.6 Å². The molecule has 0 saturated carbocycles. The molecule has 0 unspecified atom stereocenters. The Morgan fingerprint density at radius 2 is 1.85 bits per heavy atom. The average Bonchev–Trinajstić information content (AvgIpc) is 2.36. The van der Waals surface area contributed by atoms with Crippen LogP contribution in [0.15, 0.2) is 29.2 Å². The number of halogens is 1. The molecular formula is C13H19ClN2O3S. The zero-order valence-electron chi connectivity index (χ0n) is 11.8. The second-order valence-corrected chi connectivity index (χ2v) is 7.39. The van der Waals surface area contributed by atoms with Crippen LogP contribution in [0.25, 0.3) is 0 Å². The van der Waals surface area contributed by atoms with Crippen LogP contribution in [0.5, 0.6) is 0 Å². The maximum absolute atomic E-state index is 12.2. The van der Waals surface area contributed by atoms with E-state index in [4.69, 9.17) is 11.6 Å². The molecule has 1 N–H and O–H groups in total. The summed E-state index contributed by atoms with van der Waals surface area (Å²) in [6.07, 6.45) is 0. The third-order valence-corrected chi connectivity index (χ3v) is 4.67. The van der Waals surface area contributed by atoms with Crippen molar-refractivity contribution >= 4 is 27.5 Å². The Morgan fingerprint density at radius 3 is 2.35 bits per heavy atom. The first kappa shape index (κ1) is 16.9. The molecule has 0 spiro atoms. The van der Waals surface area contributed by atoms with Gasteiger partial charge in [0.25, 0.3) is 0 Å². The highest BCUT2D eigenvalue weighted by molar-refractivity contribution is 7.89.